The standard InChI is InChI=1S/C13H12B2N2O5/c1-22-12-5-4-10(13(17-12)15(20)21)11-6-9(14(18)19)3-2-8(11)7-16/h2-6,18-21H,1H3. The van der Waals surface area contributed by atoms with E-state index in [1.807, 2.05) is 6.07 Å². The van der Waals surface area contributed by atoms with E-state index < -0.39 is 14.2 Å². The highest BCUT2D eigenvalue weighted by Crippen LogP contribution is 2.22. The number of methoxy groups -OCH3 is 1. The Morgan fingerprint density at radius 1 is 1.05 bits per heavy atom. The van der Waals surface area contributed by atoms with Crippen LogP contribution in [0, 0.1) is 11.3 Å². The first kappa shape index (κ1) is 16.0. The quantitative estimate of drug-likeness (QED) is 0.480. The van der Waals surface area contributed by atoms with E-state index in [9.17, 15) is 25.4 Å². The van der Waals surface area contributed by atoms with Gasteiger partial charge in [-0.25, -0.2) is 4.98 Å². The molecule has 0 aliphatic heterocycles. The summed E-state index contributed by atoms with van der Waals surface area (Å²) in [5.41, 5.74) is 0.906. The fraction of sp³-hybridized carbons (Fsp3) is 0.0769. The highest BCUT2D eigenvalue weighted by atomic mass is 16.5. The first-order valence-electron chi connectivity index (χ1n) is 6.29. The van der Waals surface area contributed by atoms with Crippen LogP contribution in [0.4, 0.5) is 0 Å². The molecule has 0 saturated carbocycles. The lowest BCUT2D eigenvalue weighted by molar-refractivity contribution is 0.395. The van der Waals surface area contributed by atoms with Crippen LogP contribution < -0.4 is 15.8 Å². The van der Waals surface area contributed by atoms with E-state index in [4.69, 9.17) is 4.74 Å². The molecule has 0 radical (unpaired) electrons. The predicted molar refractivity (Wildman–Crippen MR) is 80.6 cm³/mol. The van der Waals surface area contributed by atoms with E-state index in [0.29, 0.717) is 5.56 Å². The Kier molecular flexibility index (Phi) is 4.80. The van der Waals surface area contributed by atoms with Crippen LogP contribution in [0.5, 0.6) is 5.88 Å². The van der Waals surface area contributed by atoms with Gasteiger partial charge in [0.2, 0.25) is 5.88 Å². The SMILES string of the molecule is COc1ccc(-c2cc(B(O)O)ccc2C#N)c(B(O)O)n1. The molecule has 2 rings (SSSR count). The van der Waals surface area contributed by atoms with E-state index >= 15 is 0 Å². The molecule has 22 heavy (non-hydrogen) atoms. The van der Waals surface area contributed by atoms with Gasteiger partial charge in [-0.05, 0) is 17.6 Å². The summed E-state index contributed by atoms with van der Waals surface area (Å²) in [6, 6.07) is 9.20. The minimum absolute atomic E-state index is 0.0968. The molecule has 0 atom stereocenters. The van der Waals surface area contributed by atoms with Crippen molar-refractivity contribution >= 4 is 25.3 Å². The fourth-order valence-corrected chi connectivity index (χ4v) is 2.04. The van der Waals surface area contributed by atoms with Crippen LogP contribution in [0.1, 0.15) is 5.56 Å². The summed E-state index contributed by atoms with van der Waals surface area (Å²) >= 11 is 0. The minimum Gasteiger partial charge on any atom is -0.481 e. The summed E-state index contributed by atoms with van der Waals surface area (Å²) in [7, 11) is -2.20. The van der Waals surface area contributed by atoms with Crippen molar-refractivity contribution in [3.8, 4) is 23.1 Å². The molecule has 0 aliphatic rings. The van der Waals surface area contributed by atoms with Gasteiger partial charge >= 0.3 is 14.2 Å². The lowest BCUT2D eigenvalue weighted by Gasteiger charge is -2.12. The Morgan fingerprint density at radius 2 is 1.77 bits per heavy atom. The summed E-state index contributed by atoms with van der Waals surface area (Å²) < 4.78 is 4.94. The van der Waals surface area contributed by atoms with Crippen LogP contribution in [0.2, 0.25) is 0 Å². The van der Waals surface area contributed by atoms with Crippen molar-refractivity contribution in [3.63, 3.8) is 0 Å². The largest absolute Gasteiger partial charge is 0.508 e. The summed E-state index contributed by atoms with van der Waals surface area (Å²) in [5, 5.41) is 46.7. The topological polar surface area (TPSA) is 127 Å². The Hall–Kier alpha value is -2.37. The van der Waals surface area contributed by atoms with Crippen LogP contribution in [0.25, 0.3) is 11.1 Å². The van der Waals surface area contributed by atoms with Gasteiger partial charge in [0.05, 0.1) is 24.3 Å². The van der Waals surface area contributed by atoms with Gasteiger partial charge in [0, 0.05) is 17.2 Å². The highest BCUT2D eigenvalue weighted by Gasteiger charge is 2.23. The maximum Gasteiger partial charge on any atom is 0.508 e. The Bertz CT molecular complexity index is 731. The molecule has 0 amide bonds. The minimum atomic E-state index is -1.88. The Balaban J connectivity index is 2.70. The predicted octanol–water partition coefficient (Wildman–Crippen LogP) is -2.01. The van der Waals surface area contributed by atoms with E-state index in [1.165, 1.54) is 37.4 Å². The first-order valence-corrected chi connectivity index (χ1v) is 6.29. The third-order valence-electron chi connectivity index (χ3n) is 3.11. The maximum atomic E-state index is 9.48. The van der Waals surface area contributed by atoms with Crippen molar-refractivity contribution in [3.05, 3.63) is 35.9 Å². The average molecular weight is 298 g/mol. The number of pyridine rings is 1. The van der Waals surface area contributed by atoms with Crippen molar-refractivity contribution in [1.82, 2.24) is 4.98 Å². The molecule has 0 bridgehead atoms. The molecule has 110 valence electrons. The van der Waals surface area contributed by atoms with Gasteiger partial charge < -0.3 is 24.8 Å². The monoisotopic (exact) mass is 298 g/mol. The number of ether oxygens (including phenoxy) is 1. The Labute approximate surface area is 127 Å². The van der Waals surface area contributed by atoms with Crippen LogP contribution in [0.3, 0.4) is 0 Å². The molecule has 0 aliphatic carbocycles. The van der Waals surface area contributed by atoms with Gasteiger partial charge in [0.15, 0.2) is 0 Å². The molecule has 0 fully saturated rings. The lowest BCUT2D eigenvalue weighted by atomic mass is 9.75. The normalized spacial score (nSPS) is 10.0. The van der Waals surface area contributed by atoms with Crippen molar-refractivity contribution in [2.24, 2.45) is 0 Å². The zero-order chi connectivity index (χ0) is 16.3. The van der Waals surface area contributed by atoms with Gasteiger partial charge in [-0.3, -0.25) is 0 Å². The zero-order valence-corrected chi connectivity index (χ0v) is 11.6. The lowest BCUT2D eigenvalue weighted by Crippen LogP contribution is -2.35. The van der Waals surface area contributed by atoms with Gasteiger partial charge in [0.1, 0.15) is 0 Å². The first-order chi connectivity index (χ1) is 10.5. The summed E-state index contributed by atoms with van der Waals surface area (Å²) in [4.78, 5) is 3.96. The second kappa shape index (κ2) is 6.60. The third-order valence-corrected chi connectivity index (χ3v) is 3.11. The molecule has 9 heteroatoms. The van der Waals surface area contributed by atoms with Gasteiger partial charge in [-0.1, -0.05) is 12.1 Å². The van der Waals surface area contributed by atoms with Crippen LogP contribution in [-0.4, -0.2) is 46.4 Å². The zero-order valence-electron chi connectivity index (χ0n) is 11.6. The second-order valence-electron chi connectivity index (χ2n) is 4.45. The molecule has 1 aromatic carbocycles. The summed E-state index contributed by atoms with van der Waals surface area (Å²) in [6.45, 7) is 0. The van der Waals surface area contributed by atoms with Crippen molar-refractivity contribution < 1.29 is 24.8 Å². The second-order valence-corrected chi connectivity index (χ2v) is 4.45. The van der Waals surface area contributed by atoms with Crippen molar-refractivity contribution in [1.29, 1.82) is 5.26 Å². The maximum absolute atomic E-state index is 9.48. The molecule has 1 aromatic heterocycles. The van der Waals surface area contributed by atoms with Gasteiger partial charge in [0.25, 0.3) is 0 Å². The average Bonchev–Trinajstić information content (AvgIpc) is 2.53. The van der Waals surface area contributed by atoms with E-state index in [0.717, 1.165) is 0 Å². The number of hydrogen-bond acceptors (Lipinski definition) is 7. The van der Waals surface area contributed by atoms with E-state index in [2.05, 4.69) is 4.98 Å². The number of hydrogen-bond donors (Lipinski definition) is 4. The molecule has 2 aromatic rings. The number of aromatic nitrogens is 1. The van der Waals surface area contributed by atoms with Crippen molar-refractivity contribution in [2.45, 2.75) is 0 Å². The van der Waals surface area contributed by atoms with E-state index in [-0.39, 0.29) is 28.1 Å². The Morgan fingerprint density at radius 3 is 2.32 bits per heavy atom. The summed E-state index contributed by atoms with van der Waals surface area (Å²) in [5.74, 6) is 0.184. The highest BCUT2D eigenvalue weighted by molar-refractivity contribution is 6.60. The molecule has 0 unspecified atom stereocenters. The van der Waals surface area contributed by atoms with Crippen molar-refractivity contribution in [2.75, 3.05) is 7.11 Å². The molecule has 0 spiro atoms. The number of rotatable bonds is 4. The molecule has 7 nitrogen and oxygen atoms in total. The molecular formula is C13H12B2N2O5. The summed E-state index contributed by atoms with van der Waals surface area (Å²) in [6.07, 6.45) is 0. The number of nitrogens with zero attached hydrogens (tertiary/aromatic N) is 2. The van der Waals surface area contributed by atoms with Gasteiger partial charge in [-0.2, -0.15) is 5.26 Å². The molecule has 0 saturated heterocycles. The van der Waals surface area contributed by atoms with E-state index in [1.54, 1.807) is 0 Å². The van der Waals surface area contributed by atoms with Gasteiger partial charge in [-0.15, -0.1) is 0 Å². The van der Waals surface area contributed by atoms with Crippen LogP contribution >= 0.6 is 0 Å². The number of benzene rings is 1. The molecule has 4 N–H and O–H groups in total. The molecular weight excluding hydrogens is 286 g/mol. The smallest absolute Gasteiger partial charge is 0.481 e. The number of nitriles is 1. The fourth-order valence-electron chi connectivity index (χ4n) is 2.04. The van der Waals surface area contributed by atoms with Crippen LogP contribution in [-0.2, 0) is 0 Å². The van der Waals surface area contributed by atoms with Crippen LogP contribution in [0.15, 0.2) is 30.3 Å². The third kappa shape index (κ3) is 3.10. The molecule has 1 heterocycles.